The van der Waals surface area contributed by atoms with E-state index in [2.05, 4.69) is 10.4 Å². The normalized spacial score (nSPS) is 17.3. The van der Waals surface area contributed by atoms with Gasteiger partial charge in [-0.2, -0.15) is 0 Å². The number of hydrogen-bond acceptors (Lipinski definition) is 3. The van der Waals surface area contributed by atoms with Crippen molar-refractivity contribution in [3.63, 3.8) is 0 Å². The predicted octanol–water partition coefficient (Wildman–Crippen LogP) is 3.43. The maximum atomic E-state index is 14.2. The Hall–Kier alpha value is -2.54. The van der Waals surface area contributed by atoms with Gasteiger partial charge in [-0.15, -0.1) is 5.10 Å². The molecule has 7 heteroatoms. The molecule has 130 valence electrons. The first-order valence-electron chi connectivity index (χ1n) is 8.09. The van der Waals surface area contributed by atoms with E-state index in [1.54, 1.807) is 0 Å². The van der Waals surface area contributed by atoms with Gasteiger partial charge in [-0.1, -0.05) is 0 Å². The first kappa shape index (κ1) is 16.0. The average Bonchev–Trinajstić information content (AvgIpc) is 3.23. The predicted molar refractivity (Wildman–Crippen MR) is 87.4 cm³/mol. The minimum absolute atomic E-state index is 0.0472. The molecule has 1 fully saturated rings. The van der Waals surface area contributed by atoms with Gasteiger partial charge < -0.3 is 10.1 Å². The fraction of sp³-hybridized carbons (Fsp3) is 0.278. The highest BCUT2D eigenvalue weighted by Crippen LogP contribution is 2.30. The molecule has 3 aromatic rings. The summed E-state index contributed by atoms with van der Waals surface area (Å²) in [5, 5.41) is 7.93. The zero-order valence-corrected chi connectivity index (χ0v) is 13.3. The molecule has 1 aliphatic rings. The number of nitrogens with one attached hydrogen (secondary N) is 1. The Morgan fingerprint density at radius 3 is 2.72 bits per heavy atom. The minimum atomic E-state index is -0.623. The van der Waals surface area contributed by atoms with Gasteiger partial charge >= 0.3 is 0 Å². The molecule has 1 unspecified atom stereocenters. The largest absolute Gasteiger partial charge is 0.476 e. The van der Waals surface area contributed by atoms with Crippen LogP contribution < -0.4 is 10.1 Å². The molecule has 2 heterocycles. The number of nitrogens with zero attached hydrogens (tertiary/aromatic N) is 2. The zero-order valence-electron chi connectivity index (χ0n) is 13.3. The van der Waals surface area contributed by atoms with Crippen LogP contribution >= 0.6 is 0 Å². The third-order valence-electron chi connectivity index (χ3n) is 4.36. The third-order valence-corrected chi connectivity index (χ3v) is 4.36. The summed E-state index contributed by atoms with van der Waals surface area (Å²) < 4.78 is 48.4. The van der Waals surface area contributed by atoms with Crippen molar-refractivity contribution in [2.75, 3.05) is 19.7 Å². The van der Waals surface area contributed by atoms with Crippen molar-refractivity contribution in [3.05, 3.63) is 53.8 Å². The number of benzene rings is 2. The summed E-state index contributed by atoms with van der Waals surface area (Å²) in [4.78, 5) is 0. The lowest BCUT2D eigenvalue weighted by Gasteiger charge is -2.08. The molecule has 1 aromatic heterocycles. The third kappa shape index (κ3) is 3.07. The first-order valence-corrected chi connectivity index (χ1v) is 8.09. The second-order valence-corrected chi connectivity index (χ2v) is 6.14. The molecule has 0 spiro atoms. The van der Waals surface area contributed by atoms with E-state index in [0.717, 1.165) is 37.7 Å². The van der Waals surface area contributed by atoms with Gasteiger partial charge in [-0.25, -0.2) is 17.9 Å². The Morgan fingerprint density at radius 1 is 1.12 bits per heavy atom. The lowest BCUT2D eigenvalue weighted by Crippen LogP contribution is -2.15. The lowest BCUT2D eigenvalue weighted by molar-refractivity contribution is 0.252. The fourth-order valence-corrected chi connectivity index (χ4v) is 3.05. The van der Waals surface area contributed by atoms with E-state index in [4.69, 9.17) is 4.74 Å². The minimum Gasteiger partial charge on any atom is -0.476 e. The Bertz CT molecular complexity index is 919. The van der Waals surface area contributed by atoms with E-state index in [1.807, 2.05) is 0 Å². The highest BCUT2D eigenvalue weighted by Gasteiger charge is 2.20. The molecule has 1 atom stereocenters. The molecule has 1 saturated heterocycles. The number of halogens is 3. The van der Waals surface area contributed by atoms with Crippen LogP contribution in [-0.4, -0.2) is 29.5 Å². The Morgan fingerprint density at radius 2 is 1.92 bits per heavy atom. The van der Waals surface area contributed by atoms with Crippen molar-refractivity contribution in [1.29, 1.82) is 0 Å². The van der Waals surface area contributed by atoms with Crippen LogP contribution in [0.15, 0.2) is 36.4 Å². The molecule has 1 N–H and O–H groups in total. The van der Waals surface area contributed by atoms with Crippen molar-refractivity contribution in [2.24, 2.45) is 5.92 Å². The SMILES string of the molecule is Fc1ccc(F)c(-n2nc(OCC3CCNC3)c3cc(F)ccc32)c1. The Kier molecular flexibility index (Phi) is 4.09. The van der Waals surface area contributed by atoms with Crippen molar-refractivity contribution in [1.82, 2.24) is 15.1 Å². The van der Waals surface area contributed by atoms with Crippen LogP contribution in [-0.2, 0) is 0 Å². The van der Waals surface area contributed by atoms with Gasteiger partial charge in [-0.05, 0) is 43.3 Å². The van der Waals surface area contributed by atoms with Gasteiger partial charge in [0.1, 0.15) is 23.1 Å². The number of fused-ring (bicyclic) bond motifs is 1. The van der Waals surface area contributed by atoms with Crippen LogP contribution in [0, 0.1) is 23.4 Å². The van der Waals surface area contributed by atoms with E-state index in [1.165, 1.54) is 22.9 Å². The molecule has 4 nitrogen and oxygen atoms in total. The summed E-state index contributed by atoms with van der Waals surface area (Å²) in [6.45, 7) is 2.22. The Labute approximate surface area is 142 Å². The Balaban J connectivity index is 1.77. The molecule has 2 aromatic carbocycles. The lowest BCUT2D eigenvalue weighted by atomic mass is 10.1. The van der Waals surface area contributed by atoms with Gasteiger partial charge in [0.25, 0.3) is 0 Å². The van der Waals surface area contributed by atoms with E-state index < -0.39 is 17.5 Å². The summed E-state index contributed by atoms with van der Waals surface area (Å²) >= 11 is 0. The van der Waals surface area contributed by atoms with Crippen LogP contribution in [0.1, 0.15) is 6.42 Å². The molecule has 0 bridgehead atoms. The van der Waals surface area contributed by atoms with E-state index >= 15 is 0 Å². The van der Waals surface area contributed by atoms with Gasteiger partial charge in [0.05, 0.1) is 17.5 Å². The molecule has 0 amide bonds. The smallest absolute Gasteiger partial charge is 0.241 e. The second-order valence-electron chi connectivity index (χ2n) is 6.14. The molecule has 25 heavy (non-hydrogen) atoms. The standard InChI is InChI=1S/C18H16F3N3O/c19-12-2-4-16-14(7-12)18(25-10-11-5-6-22-9-11)23-24(16)17-8-13(20)1-3-15(17)21/h1-4,7-8,11,22H,5-6,9-10H2. The highest BCUT2D eigenvalue weighted by atomic mass is 19.1. The van der Waals surface area contributed by atoms with Gasteiger partial charge in [0.2, 0.25) is 5.88 Å². The number of rotatable bonds is 4. The van der Waals surface area contributed by atoms with E-state index in [9.17, 15) is 13.2 Å². The number of ether oxygens (including phenoxy) is 1. The summed E-state index contributed by atoms with van der Waals surface area (Å²) in [5.41, 5.74) is 0.402. The van der Waals surface area contributed by atoms with Gasteiger partial charge in [-0.3, -0.25) is 0 Å². The monoisotopic (exact) mass is 347 g/mol. The summed E-state index contributed by atoms with van der Waals surface area (Å²) in [5.74, 6) is -1.09. The van der Waals surface area contributed by atoms with Crippen LogP contribution in [0.4, 0.5) is 13.2 Å². The van der Waals surface area contributed by atoms with Gasteiger partial charge in [0, 0.05) is 18.5 Å². The highest BCUT2D eigenvalue weighted by molar-refractivity contribution is 5.86. The molecule has 0 radical (unpaired) electrons. The molecular weight excluding hydrogens is 331 g/mol. The number of aromatic nitrogens is 2. The maximum Gasteiger partial charge on any atom is 0.241 e. The topological polar surface area (TPSA) is 39.1 Å². The number of hydrogen-bond donors (Lipinski definition) is 1. The molecule has 4 rings (SSSR count). The summed E-state index contributed by atoms with van der Waals surface area (Å²) in [6, 6.07) is 7.14. The van der Waals surface area contributed by atoms with E-state index in [-0.39, 0.29) is 11.6 Å². The zero-order chi connectivity index (χ0) is 17.4. The van der Waals surface area contributed by atoms with Crippen LogP contribution in [0.25, 0.3) is 16.6 Å². The summed E-state index contributed by atoms with van der Waals surface area (Å²) in [7, 11) is 0. The molecular formula is C18H16F3N3O. The van der Waals surface area contributed by atoms with Gasteiger partial charge in [0.15, 0.2) is 0 Å². The fourth-order valence-electron chi connectivity index (χ4n) is 3.05. The van der Waals surface area contributed by atoms with Crippen molar-refractivity contribution in [3.8, 4) is 11.6 Å². The van der Waals surface area contributed by atoms with Crippen molar-refractivity contribution >= 4 is 10.9 Å². The van der Waals surface area contributed by atoms with Crippen LogP contribution in [0.5, 0.6) is 5.88 Å². The van der Waals surface area contributed by atoms with Crippen molar-refractivity contribution < 1.29 is 17.9 Å². The van der Waals surface area contributed by atoms with Crippen LogP contribution in [0.2, 0.25) is 0 Å². The first-order chi connectivity index (χ1) is 12.1. The maximum absolute atomic E-state index is 14.2. The molecule has 0 saturated carbocycles. The summed E-state index contributed by atoms with van der Waals surface area (Å²) in [6.07, 6.45) is 0.992. The molecule has 1 aliphatic heterocycles. The quantitative estimate of drug-likeness (QED) is 0.786. The van der Waals surface area contributed by atoms with Crippen LogP contribution in [0.3, 0.4) is 0 Å². The van der Waals surface area contributed by atoms with E-state index in [0.29, 0.717) is 23.4 Å². The average molecular weight is 347 g/mol. The molecule has 0 aliphatic carbocycles. The second kappa shape index (κ2) is 6.40. The van der Waals surface area contributed by atoms with Crippen molar-refractivity contribution in [2.45, 2.75) is 6.42 Å².